The van der Waals surface area contributed by atoms with Gasteiger partial charge in [0.15, 0.2) is 6.04 Å². The Bertz CT molecular complexity index is 1020. The summed E-state index contributed by atoms with van der Waals surface area (Å²) in [4.78, 5) is 67.0. The number of carbonyl (C=O) groups is 5. The Labute approximate surface area is 204 Å². The monoisotopic (exact) mass is 490 g/mol. The Kier molecular flexibility index (Phi) is 7.15. The molecule has 0 spiro atoms. The van der Waals surface area contributed by atoms with Crippen molar-refractivity contribution in [3.63, 3.8) is 0 Å². The lowest BCUT2D eigenvalue weighted by Gasteiger charge is -2.30. The zero-order valence-electron chi connectivity index (χ0n) is 21.4. The molecule has 1 aliphatic heterocycles. The largest absolute Gasteiger partial charge is 0.464 e. The summed E-state index contributed by atoms with van der Waals surface area (Å²) in [6.07, 6.45) is 1.76. The average Bonchev–Trinajstić information content (AvgIpc) is 3.27. The molecule has 3 rings (SSSR count). The van der Waals surface area contributed by atoms with Gasteiger partial charge in [0.1, 0.15) is 16.9 Å². The summed E-state index contributed by atoms with van der Waals surface area (Å²) in [5.74, 6) is -3.74. The Morgan fingerprint density at radius 1 is 0.886 bits per heavy atom. The van der Waals surface area contributed by atoms with Crippen molar-refractivity contribution >= 4 is 29.8 Å². The number of rotatable bonds is 4. The van der Waals surface area contributed by atoms with E-state index < -0.39 is 58.9 Å². The molecule has 0 radical (unpaired) electrons. The highest BCUT2D eigenvalue weighted by atomic mass is 16.6. The number of amides is 2. The number of fused-ring (bicyclic) bond motifs is 1. The number of imide groups is 1. The van der Waals surface area contributed by atoms with Gasteiger partial charge in [-0.1, -0.05) is 12.8 Å². The number of likely N-dealkylation sites (tertiary alicyclic amines) is 1. The zero-order valence-corrected chi connectivity index (χ0v) is 21.4. The van der Waals surface area contributed by atoms with Gasteiger partial charge in [-0.3, -0.25) is 14.5 Å². The van der Waals surface area contributed by atoms with Crippen molar-refractivity contribution in [3.8, 4) is 0 Å². The number of ether oxygens (including phenoxy) is 3. The van der Waals surface area contributed by atoms with Gasteiger partial charge in [0, 0.05) is 0 Å². The van der Waals surface area contributed by atoms with Crippen LogP contribution in [-0.2, 0) is 28.6 Å². The molecule has 2 fully saturated rings. The van der Waals surface area contributed by atoms with Crippen LogP contribution in [0.5, 0.6) is 0 Å². The van der Waals surface area contributed by atoms with Crippen LogP contribution in [0.1, 0.15) is 89.4 Å². The Morgan fingerprint density at radius 3 is 1.86 bits per heavy atom. The number of hydrogen-bond acceptors (Lipinski definition) is 8. The van der Waals surface area contributed by atoms with Gasteiger partial charge in [0.05, 0.1) is 24.6 Å². The first-order valence-corrected chi connectivity index (χ1v) is 11.8. The molecule has 0 aromatic carbocycles. The van der Waals surface area contributed by atoms with Crippen molar-refractivity contribution in [2.24, 2.45) is 11.8 Å². The highest BCUT2D eigenvalue weighted by Crippen LogP contribution is 2.42. The van der Waals surface area contributed by atoms with Gasteiger partial charge in [-0.05, 0) is 66.5 Å². The second-order valence-corrected chi connectivity index (χ2v) is 10.9. The van der Waals surface area contributed by atoms with E-state index in [-0.39, 0.29) is 11.4 Å². The second kappa shape index (κ2) is 9.47. The molecule has 3 atom stereocenters. The Hall–Kier alpha value is -3.17. The third kappa shape index (κ3) is 5.41. The Balaban J connectivity index is 2.19. The van der Waals surface area contributed by atoms with E-state index in [0.29, 0.717) is 12.8 Å². The van der Waals surface area contributed by atoms with E-state index in [4.69, 9.17) is 14.2 Å². The maximum absolute atomic E-state index is 13.5. The van der Waals surface area contributed by atoms with Crippen molar-refractivity contribution in [2.75, 3.05) is 7.11 Å². The van der Waals surface area contributed by atoms with Gasteiger partial charge in [-0.15, -0.1) is 0 Å². The first-order chi connectivity index (χ1) is 16.2. The van der Waals surface area contributed by atoms with Crippen LogP contribution in [0.3, 0.4) is 0 Å². The molecule has 0 bridgehead atoms. The van der Waals surface area contributed by atoms with Gasteiger partial charge in [0.25, 0.3) is 0 Å². The summed E-state index contributed by atoms with van der Waals surface area (Å²) < 4.78 is 16.7. The van der Waals surface area contributed by atoms with E-state index in [0.717, 1.165) is 29.4 Å². The summed E-state index contributed by atoms with van der Waals surface area (Å²) in [5, 5.41) is 0. The minimum absolute atomic E-state index is 0.0887. The van der Waals surface area contributed by atoms with Crippen molar-refractivity contribution in [1.29, 1.82) is 0 Å². The molecule has 2 heterocycles. The van der Waals surface area contributed by atoms with Crippen LogP contribution >= 0.6 is 0 Å². The third-order valence-corrected chi connectivity index (χ3v) is 5.93. The summed E-state index contributed by atoms with van der Waals surface area (Å²) >= 11 is 0. The number of esters is 2. The van der Waals surface area contributed by atoms with E-state index in [1.165, 1.54) is 12.1 Å². The van der Waals surface area contributed by atoms with E-state index in [9.17, 15) is 24.0 Å². The van der Waals surface area contributed by atoms with E-state index in [1.807, 2.05) is 0 Å². The van der Waals surface area contributed by atoms with Crippen molar-refractivity contribution in [1.82, 2.24) is 9.47 Å². The first kappa shape index (κ1) is 26.4. The molecular weight excluding hydrogens is 456 g/mol. The van der Waals surface area contributed by atoms with E-state index in [1.54, 1.807) is 41.5 Å². The smallest absolute Gasteiger partial charge is 0.419 e. The molecule has 3 unspecified atom stereocenters. The van der Waals surface area contributed by atoms with Crippen LogP contribution in [0.2, 0.25) is 0 Å². The predicted molar refractivity (Wildman–Crippen MR) is 123 cm³/mol. The fourth-order valence-electron chi connectivity index (χ4n) is 4.60. The maximum Gasteiger partial charge on any atom is 0.419 e. The molecule has 10 nitrogen and oxygen atoms in total. The molecule has 1 saturated heterocycles. The molecule has 2 aliphatic rings. The molecular formula is C25H34N2O8. The fraction of sp³-hybridized carbons (Fsp3) is 0.640. The third-order valence-electron chi connectivity index (χ3n) is 5.93. The number of nitrogens with zero attached hydrogens (tertiary/aromatic N) is 2. The summed E-state index contributed by atoms with van der Waals surface area (Å²) in [6.45, 7) is 9.91. The van der Waals surface area contributed by atoms with Crippen LogP contribution in [0.4, 0.5) is 4.79 Å². The predicted octanol–water partition coefficient (Wildman–Crippen LogP) is 3.62. The minimum atomic E-state index is -1.58. The van der Waals surface area contributed by atoms with Crippen LogP contribution in [0, 0.1) is 11.8 Å². The maximum atomic E-state index is 13.5. The van der Waals surface area contributed by atoms with Gasteiger partial charge >= 0.3 is 18.0 Å². The average molecular weight is 491 g/mol. The molecule has 0 N–H and O–H groups in total. The van der Waals surface area contributed by atoms with Gasteiger partial charge in [-0.2, -0.15) is 0 Å². The summed E-state index contributed by atoms with van der Waals surface area (Å²) in [5.41, 5.74) is -2.17. The van der Waals surface area contributed by atoms with Crippen molar-refractivity contribution in [2.45, 2.75) is 84.5 Å². The topological polar surface area (TPSA) is 121 Å². The molecule has 192 valence electrons. The lowest BCUT2D eigenvalue weighted by Crippen LogP contribution is -2.44. The highest BCUT2D eigenvalue weighted by molar-refractivity contribution is 6.08. The normalized spacial score (nSPS) is 21.4. The fourth-order valence-corrected chi connectivity index (χ4v) is 4.60. The standard InChI is InChI=1S/C25H34N2O8/c1-24(2,3)34-22(31)18(27-19(28)14-10-8-9-11-15(14)20(27)29)16-12-13-17(21(30)33-7)26(16)23(32)35-25(4,5)6/h12-15,18H,8-11H2,1-7H3. The molecule has 1 saturated carbocycles. The lowest BCUT2D eigenvalue weighted by molar-refractivity contribution is -0.167. The van der Waals surface area contributed by atoms with Crippen LogP contribution < -0.4 is 0 Å². The molecule has 2 amide bonds. The number of methoxy groups -OCH3 is 1. The van der Waals surface area contributed by atoms with Crippen molar-refractivity contribution < 1.29 is 38.2 Å². The number of aromatic nitrogens is 1. The van der Waals surface area contributed by atoms with Crippen molar-refractivity contribution in [3.05, 3.63) is 23.5 Å². The molecule has 35 heavy (non-hydrogen) atoms. The summed E-state index contributed by atoms with van der Waals surface area (Å²) in [7, 11) is 1.15. The zero-order chi connectivity index (χ0) is 26.3. The van der Waals surface area contributed by atoms with Crippen LogP contribution in [0.25, 0.3) is 0 Å². The Morgan fingerprint density at radius 2 is 1.40 bits per heavy atom. The SMILES string of the molecule is COC(=O)c1ccc(C(C(=O)OC(C)(C)C)N2C(=O)C3CCCCC3C2=O)n1C(=O)OC(C)(C)C. The lowest BCUT2D eigenvalue weighted by atomic mass is 9.81. The molecule has 1 aromatic heterocycles. The first-order valence-electron chi connectivity index (χ1n) is 11.8. The second-order valence-electron chi connectivity index (χ2n) is 10.9. The molecule has 10 heteroatoms. The van der Waals surface area contributed by atoms with E-state index in [2.05, 4.69) is 0 Å². The van der Waals surface area contributed by atoms with E-state index >= 15 is 0 Å². The highest BCUT2D eigenvalue weighted by Gasteiger charge is 2.54. The van der Waals surface area contributed by atoms with Gasteiger partial charge in [0.2, 0.25) is 11.8 Å². The van der Waals surface area contributed by atoms with Crippen LogP contribution in [0.15, 0.2) is 12.1 Å². The molecule has 1 aliphatic carbocycles. The van der Waals surface area contributed by atoms with Gasteiger partial charge in [-0.25, -0.2) is 19.0 Å². The molecule has 1 aromatic rings. The van der Waals surface area contributed by atoms with Crippen LogP contribution in [-0.4, -0.2) is 57.6 Å². The van der Waals surface area contributed by atoms with Gasteiger partial charge < -0.3 is 14.2 Å². The number of hydrogen-bond donors (Lipinski definition) is 0. The quantitative estimate of drug-likeness (QED) is 0.356. The minimum Gasteiger partial charge on any atom is -0.464 e. The number of carbonyl (C=O) groups excluding carboxylic acids is 5. The summed E-state index contributed by atoms with van der Waals surface area (Å²) in [6, 6.07) is 1.05.